The fourth-order valence-electron chi connectivity index (χ4n) is 1.71. The summed E-state index contributed by atoms with van der Waals surface area (Å²) in [6, 6.07) is 0. The summed E-state index contributed by atoms with van der Waals surface area (Å²) in [5, 5.41) is 2.44. The monoisotopic (exact) mass is 336 g/mol. The van der Waals surface area contributed by atoms with Gasteiger partial charge in [0.1, 0.15) is 11.6 Å². The molecule has 2 heterocycles. The Labute approximate surface area is 125 Å². The van der Waals surface area contributed by atoms with E-state index in [0.29, 0.717) is 10.3 Å². The van der Waals surface area contributed by atoms with Crippen LogP contribution in [0.15, 0.2) is 17.8 Å². The Hall–Kier alpha value is -1.39. The van der Waals surface area contributed by atoms with Crippen molar-refractivity contribution in [1.29, 1.82) is 0 Å². The Balaban J connectivity index is 2.11. The quantitative estimate of drug-likeness (QED) is 0.809. The van der Waals surface area contributed by atoms with Crippen molar-refractivity contribution < 1.29 is 17.2 Å². The van der Waals surface area contributed by atoms with Crippen molar-refractivity contribution in [2.75, 3.05) is 7.05 Å². The van der Waals surface area contributed by atoms with Crippen molar-refractivity contribution in [2.24, 2.45) is 0 Å². The van der Waals surface area contributed by atoms with Gasteiger partial charge < -0.3 is 0 Å². The lowest BCUT2D eigenvalue weighted by molar-refractivity contribution is 0.0658. The predicted octanol–water partition coefficient (Wildman–Crippen LogP) is 2.00. The van der Waals surface area contributed by atoms with E-state index in [2.05, 4.69) is 9.97 Å². The molecule has 0 spiro atoms. The van der Waals surface area contributed by atoms with Gasteiger partial charge in [-0.15, -0.1) is 11.3 Å². The molecule has 2 rings (SSSR count). The molecule has 0 aliphatic heterocycles. The zero-order valence-corrected chi connectivity index (χ0v) is 13.0. The lowest BCUT2D eigenvalue weighted by atomic mass is 10.6. The number of aromatic nitrogens is 3. The summed E-state index contributed by atoms with van der Waals surface area (Å²) < 4.78 is 51.4. The van der Waals surface area contributed by atoms with Gasteiger partial charge >= 0.3 is 6.55 Å². The molecule has 0 N–H and O–H groups in total. The fourth-order valence-corrected chi connectivity index (χ4v) is 3.49. The molecule has 6 nitrogen and oxygen atoms in total. The molecule has 10 heteroatoms. The lowest BCUT2D eigenvalue weighted by Gasteiger charge is -2.17. The van der Waals surface area contributed by atoms with Gasteiger partial charge in [0.2, 0.25) is 10.0 Å². The second kappa shape index (κ2) is 6.16. The first-order valence-corrected chi connectivity index (χ1v) is 8.43. The van der Waals surface area contributed by atoms with Crippen molar-refractivity contribution in [1.82, 2.24) is 18.8 Å². The minimum atomic E-state index is -3.64. The van der Waals surface area contributed by atoms with E-state index in [1.807, 2.05) is 0 Å². The molecule has 0 radical (unpaired) electrons. The normalized spacial score (nSPS) is 12.5. The van der Waals surface area contributed by atoms with E-state index in [0.717, 1.165) is 15.5 Å². The summed E-state index contributed by atoms with van der Waals surface area (Å²) in [5.41, 5.74) is 0.446. The molecule has 0 aliphatic carbocycles. The molecule has 0 bridgehead atoms. The van der Waals surface area contributed by atoms with E-state index in [9.17, 15) is 17.2 Å². The summed E-state index contributed by atoms with van der Waals surface area (Å²) in [4.78, 5) is 7.86. The number of halogens is 2. The van der Waals surface area contributed by atoms with Crippen molar-refractivity contribution in [2.45, 2.75) is 25.8 Å². The van der Waals surface area contributed by atoms with Crippen LogP contribution < -0.4 is 0 Å². The largest absolute Gasteiger partial charge is 0.319 e. The van der Waals surface area contributed by atoms with Gasteiger partial charge in [-0.3, -0.25) is 4.57 Å². The van der Waals surface area contributed by atoms with Gasteiger partial charge in [-0.25, -0.2) is 18.4 Å². The van der Waals surface area contributed by atoms with E-state index in [1.165, 1.54) is 24.6 Å². The number of rotatable bonds is 6. The number of alkyl halides is 2. The van der Waals surface area contributed by atoms with Gasteiger partial charge in [0, 0.05) is 24.8 Å². The van der Waals surface area contributed by atoms with Gasteiger partial charge in [0.15, 0.2) is 0 Å². The highest BCUT2D eigenvalue weighted by molar-refractivity contribution is 7.88. The topological polar surface area (TPSA) is 68.1 Å². The number of sulfonamides is 1. The summed E-state index contributed by atoms with van der Waals surface area (Å²) in [7, 11) is -2.31. The van der Waals surface area contributed by atoms with E-state index >= 15 is 0 Å². The van der Waals surface area contributed by atoms with Gasteiger partial charge in [-0.1, -0.05) is 0 Å². The lowest BCUT2D eigenvalue weighted by Crippen LogP contribution is -2.29. The van der Waals surface area contributed by atoms with Crippen molar-refractivity contribution in [3.63, 3.8) is 0 Å². The second-order valence-corrected chi connectivity index (χ2v) is 7.54. The van der Waals surface area contributed by atoms with E-state index < -0.39 is 16.6 Å². The second-order valence-electron chi connectivity index (χ2n) is 4.40. The fraction of sp³-hybridized carbons (Fsp3) is 0.455. The van der Waals surface area contributed by atoms with Crippen molar-refractivity contribution >= 4 is 21.4 Å². The third kappa shape index (κ3) is 3.83. The highest BCUT2D eigenvalue weighted by Crippen LogP contribution is 2.17. The minimum absolute atomic E-state index is 0.00877. The van der Waals surface area contributed by atoms with Crippen molar-refractivity contribution in [3.8, 4) is 0 Å². The molecule has 0 unspecified atom stereocenters. The van der Waals surface area contributed by atoms with Gasteiger partial charge in [-0.05, 0) is 6.92 Å². The average Bonchev–Trinajstić information content (AvgIpc) is 2.98. The van der Waals surface area contributed by atoms with E-state index in [4.69, 9.17) is 0 Å². The third-order valence-corrected chi connectivity index (χ3v) is 5.36. The Bertz CT molecular complexity index is 711. The molecule has 0 atom stereocenters. The van der Waals surface area contributed by atoms with Crippen LogP contribution >= 0.6 is 11.3 Å². The Morgan fingerprint density at radius 2 is 2.19 bits per heavy atom. The van der Waals surface area contributed by atoms with Crippen LogP contribution in [0.2, 0.25) is 0 Å². The molecule has 21 heavy (non-hydrogen) atoms. The number of thiazole rings is 1. The maximum atomic E-state index is 12.7. The molecule has 2 aromatic rings. The van der Waals surface area contributed by atoms with Gasteiger partial charge in [0.05, 0.1) is 17.2 Å². The number of hydrogen-bond donors (Lipinski definition) is 0. The summed E-state index contributed by atoms with van der Waals surface area (Å²) in [6.45, 7) is -1.19. The smallest absolute Gasteiger partial charge is 0.277 e. The first-order valence-electron chi connectivity index (χ1n) is 5.94. The minimum Gasteiger partial charge on any atom is -0.277 e. The zero-order valence-electron chi connectivity index (χ0n) is 11.4. The maximum absolute atomic E-state index is 12.7. The van der Waals surface area contributed by atoms with Crippen LogP contribution in [0.5, 0.6) is 0 Å². The van der Waals surface area contributed by atoms with Crippen LogP contribution in [0, 0.1) is 6.92 Å². The molecule has 2 aromatic heterocycles. The Morgan fingerprint density at radius 3 is 2.76 bits per heavy atom. The number of aryl methyl sites for hydroxylation is 1. The molecular weight excluding hydrogens is 322 g/mol. The molecule has 0 aliphatic rings. The number of hydrogen-bond acceptors (Lipinski definition) is 5. The molecule has 0 saturated carbocycles. The van der Waals surface area contributed by atoms with Crippen LogP contribution in [0.4, 0.5) is 8.78 Å². The van der Waals surface area contributed by atoms with Gasteiger partial charge in [0.25, 0.3) is 0 Å². The molecule has 0 aromatic carbocycles. The Kier molecular flexibility index (Phi) is 4.69. The summed E-state index contributed by atoms with van der Waals surface area (Å²) >= 11 is 1.36. The first kappa shape index (κ1) is 16.0. The molecule has 0 saturated heterocycles. The number of imidazole rings is 1. The molecule has 0 fully saturated rings. The van der Waals surface area contributed by atoms with Crippen LogP contribution in [-0.4, -0.2) is 34.3 Å². The van der Waals surface area contributed by atoms with Crippen LogP contribution in [0.25, 0.3) is 0 Å². The molecule has 0 amide bonds. The third-order valence-electron chi connectivity index (χ3n) is 2.79. The summed E-state index contributed by atoms with van der Waals surface area (Å²) in [5.74, 6) is -0.269. The first-order chi connectivity index (χ1) is 9.79. The molecule has 116 valence electrons. The van der Waals surface area contributed by atoms with Crippen LogP contribution in [0.3, 0.4) is 0 Å². The maximum Gasteiger partial charge on any atom is 0.319 e. The van der Waals surface area contributed by atoms with E-state index in [-0.39, 0.29) is 18.1 Å². The zero-order chi connectivity index (χ0) is 15.6. The standard InChI is InChI=1S/C11H14F2N4O2S2/c1-8-15-9(6-20-8)7-21(18,19)16(2)5-10-14-3-4-17(10)11(12)13/h3-4,6,11H,5,7H2,1-2H3. The highest BCUT2D eigenvalue weighted by atomic mass is 32.2. The summed E-state index contributed by atoms with van der Waals surface area (Å²) in [6.07, 6.45) is 2.33. The SMILES string of the molecule is Cc1nc(CS(=O)(=O)N(C)Cc2nccn2C(F)F)cs1. The predicted molar refractivity (Wildman–Crippen MR) is 74.4 cm³/mol. The highest BCUT2D eigenvalue weighted by Gasteiger charge is 2.23. The van der Waals surface area contributed by atoms with Crippen LogP contribution in [-0.2, 0) is 22.3 Å². The van der Waals surface area contributed by atoms with Gasteiger partial charge in [-0.2, -0.15) is 13.1 Å². The molecular formula is C11H14F2N4O2S2. The average molecular weight is 336 g/mol. The Morgan fingerprint density at radius 1 is 1.48 bits per heavy atom. The van der Waals surface area contributed by atoms with Crippen molar-refractivity contribution in [3.05, 3.63) is 34.3 Å². The number of nitrogens with zero attached hydrogens (tertiary/aromatic N) is 4. The van der Waals surface area contributed by atoms with Crippen LogP contribution in [0.1, 0.15) is 23.1 Å². The van der Waals surface area contributed by atoms with E-state index in [1.54, 1.807) is 12.3 Å².